The van der Waals surface area contributed by atoms with Crippen molar-refractivity contribution < 1.29 is 0 Å². The van der Waals surface area contributed by atoms with Crippen LogP contribution in [0.2, 0.25) is 0 Å². The van der Waals surface area contributed by atoms with Crippen LogP contribution in [0, 0.1) is 11.8 Å². The lowest BCUT2D eigenvalue weighted by Gasteiger charge is -2.32. The Balaban J connectivity index is 1.87. The lowest BCUT2D eigenvalue weighted by Crippen LogP contribution is -2.39. The monoisotopic (exact) mass is 177 g/mol. The van der Waals surface area contributed by atoms with E-state index < -0.39 is 0 Å². The molecule has 0 aromatic carbocycles. The number of hydrogen-bond acceptors (Lipinski definition) is 1. The van der Waals surface area contributed by atoms with Crippen LogP contribution in [0.4, 0.5) is 0 Å². The predicted octanol–water partition coefficient (Wildman–Crippen LogP) is 2.51. The third kappa shape index (κ3) is 2.22. The third-order valence-corrected chi connectivity index (χ3v) is 3.32. The molecule has 0 saturated carbocycles. The fourth-order valence-electron chi connectivity index (χ4n) is 2.34. The zero-order chi connectivity index (χ0) is 9.10. The molecule has 1 aliphatic carbocycles. The first-order valence-corrected chi connectivity index (χ1v) is 5.43. The van der Waals surface area contributed by atoms with E-state index >= 15 is 0 Å². The van der Waals surface area contributed by atoms with Crippen LogP contribution in [0.1, 0.15) is 26.2 Å². The van der Waals surface area contributed by atoms with Gasteiger partial charge in [-0.2, -0.15) is 0 Å². The average Bonchev–Trinajstić information content (AvgIpc) is 2.20. The van der Waals surface area contributed by atoms with Crippen molar-refractivity contribution in [1.29, 1.82) is 0 Å². The predicted molar refractivity (Wildman–Crippen MR) is 56.6 cm³/mol. The minimum absolute atomic E-state index is 0.736. The van der Waals surface area contributed by atoms with Gasteiger partial charge in [0, 0.05) is 6.04 Å². The Bertz CT molecular complexity index is 209. The highest BCUT2D eigenvalue weighted by atomic mass is 14.9. The first-order valence-electron chi connectivity index (χ1n) is 5.43. The molecular formula is C12H19N. The van der Waals surface area contributed by atoms with E-state index in [4.69, 9.17) is 0 Å². The van der Waals surface area contributed by atoms with Gasteiger partial charge in [0.05, 0.1) is 0 Å². The Morgan fingerprint density at radius 2 is 2.15 bits per heavy atom. The molecule has 0 aromatic heterocycles. The van der Waals surface area contributed by atoms with E-state index in [0.29, 0.717) is 0 Å². The Morgan fingerprint density at radius 1 is 1.23 bits per heavy atom. The lowest BCUT2D eigenvalue weighted by molar-refractivity contribution is 0.268. The smallest absolute Gasteiger partial charge is 0.00389 e. The van der Waals surface area contributed by atoms with Gasteiger partial charge in [0.15, 0.2) is 0 Å². The molecule has 1 nitrogen and oxygen atoms in total. The van der Waals surface area contributed by atoms with Gasteiger partial charge in [-0.15, -0.1) is 0 Å². The number of nitrogens with one attached hydrogen (secondary N) is 1. The van der Waals surface area contributed by atoms with Crippen LogP contribution < -0.4 is 5.32 Å². The maximum atomic E-state index is 3.57. The topological polar surface area (TPSA) is 12.0 Å². The number of hydrogen-bond donors (Lipinski definition) is 1. The van der Waals surface area contributed by atoms with Gasteiger partial charge in [-0.25, -0.2) is 0 Å². The van der Waals surface area contributed by atoms with Crippen LogP contribution in [0.3, 0.4) is 0 Å². The van der Waals surface area contributed by atoms with Gasteiger partial charge in [0.25, 0.3) is 0 Å². The highest BCUT2D eigenvalue weighted by Gasteiger charge is 2.23. The first kappa shape index (κ1) is 9.01. The molecular weight excluding hydrogens is 158 g/mol. The highest BCUT2D eigenvalue weighted by molar-refractivity contribution is 5.12. The van der Waals surface area contributed by atoms with Crippen LogP contribution in [0.15, 0.2) is 24.3 Å². The van der Waals surface area contributed by atoms with Gasteiger partial charge in [0.1, 0.15) is 0 Å². The standard InChI is InChI=1S/C12H19N/c1-10-7-8-12(9-13-10)11-5-3-2-4-6-11/h2-5,10-13H,6-9H2,1H3/t10?,11?,12-/m1/s1. The maximum Gasteiger partial charge on any atom is 0.00389 e. The Kier molecular flexibility index (Phi) is 2.84. The summed E-state index contributed by atoms with van der Waals surface area (Å²) in [4.78, 5) is 0. The molecule has 1 N–H and O–H groups in total. The normalized spacial score (nSPS) is 39.3. The molecule has 2 unspecified atom stereocenters. The van der Waals surface area contributed by atoms with E-state index in [1.807, 2.05) is 0 Å². The van der Waals surface area contributed by atoms with Crippen molar-refractivity contribution in [2.45, 2.75) is 32.2 Å². The largest absolute Gasteiger partial charge is 0.314 e. The molecule has 1 saturated heterocycles. The summed E-state index contributed by atoms with van der Waals surface area (Å²) in [5.41, 5.74) is 0. The molecule has 1 heterocycles. The second-order valence-corrected chi connectivity index (χ2v) is 4.36. The van der Waals surface area contributed by atoms with Crippen LogP contribution in [-0.2, 0) is 0 Å². The summed E-state index contributed by atoms with van der Waals surface area (Å²) in [5.74, 6) is 1.67. The van der Waals surface area contributed by atoms with Crippen molar-refractivity contribution in [2.24, 2.45) is 11.8 Å². The zero-order valence-electron chi connectivity index (χ0n) is 8.37. The highest BCUT2D eigenvalue weighted by Crippen LogP contribution is 2.27. The second kappa shape index (κ2) is 4.10. The molecule has 13 heavy (non-hydrogen) atoms. The van der Waals surface area contributed by atoms with Crippen LogP contribution in [0.25, 0.3) is 0 Å². The van der Waals surface area contributed by atoms with E-state index in [9.17, 15) is 0 Å². The Morgan fingerprint density at radius 3 is 2.77 bits per heavy atom. The van der Waals surface area contributed by atoms with Crippen molar-refractivity contribution >= 4 is 0 Å². The second-order valence-electron chi connectivity index (χ2n) is 4.36. The van der Waals surface area contributed by atoms with E-state index in [0.717, 1.165) is 17.9 Å². The SMILES string of the molecule is CC1CC[C@@H](C2C=CC=CC2)CN1. The van der Waals surface area contributed by atoms with E-state index in [-0.39, 0.29) is 0 Å². The Hall–Kier alpha value is -0.560. The van der Waals surface area contributed by atoms with Crippen LogP contribution in [-0.4, -0.2) is 12.6 Å². The summed E-state index contributed by atoms with van der Waals surface area (Å²) in [6.07, 6.45) is 13.0. The van der Waals surface area contributed by atoms with E-state index in [1.165, 1.54) is 25.8 Å². The number of allylic oxidation sites excluding steroid dienone is 4. The summed E-state index contributed by atoms with van der Waals surface area (Å²) in [6, 6.07) is 0.736. The molecule has 2 aliphatic rings. The van der Waals surface area contributed by atoms with E-state index in [1.54, 1.807) is 0 Å². The minimum Gasteiger partial charge on any atom is -0.314 e. The van der Waals surface area contributed by atoms with Gasteiger partial charge < -0.3 is 5.32 Å². The zero-order valence-corrected chi connectivity index (χ0v) is 8.37. The van der Waals surface area contributed by atoms with Gasteiger partial charge in [-0.05, 0) is 44.6 Å². The summed E-state index contributed by atoms with van der Waals surface area (Å²) >= 11 is 0. The maximum absolute atomic E-state index is 3.57. The van der Waals surface area contributed by atoms with Gasteiger partial charge >= 0.3 is 0 Å². The molecule has 0 amide bonds. The Labute approximate surface area is 80.9 Å². The molecule has 3 atom stereocenters. The summed E-state index contributed by atoms with van der Waals surface area (Å²) in [7, 11) is 0. The molecule has 1 fully saturated rings. The fraction of sp³-hybridized carbons (Fsp3) is 0.667. The molecule has 72 valence electrons. The molecule has 0 radical (unpaired) electrons. The summed E-state index contributed by atoms with van der Waals surface area (Å²) in [5, 5.41) is 3.57. The van der Waals surface area contributed by atoms with Crippen molar-refractivity contribution in [3.8, 4) is 0 Å². The molecule has 1 aliphatic heterocycles. The number of piperidine rings is 1. The van der Waals surface area contributed by atoms with Crippen LogP contribution >= 0.6 is 0 Å². The molecule has 2 rings (SSSR count). The quantitative estimate of drug-likeness (QED) is 0.649. The molecule has 0 aromatic rings. The molecule has 0 bridgehead atoms. The van der Waals surface area contributed by atoms with Gasteiger partial charge in [0.2, 0.25) is 0 Å². The lowest BCUT2D eigenvalue weighted by atomic mass is 9.81. The van der Waals surface area contributed by atoms with E-state index in [2.05, 4.69) is 36.5 Å². The molecule has 1 heteroatoms. The van der Waals surface area contributed by atoms with Crippen molar-refractivity contribution in [3.63, 3.8) is 0 Å². The van der Waals surface area contributed by atoms with Gasteiger partial charge in [-0.3, -0.25) is 0 Å². The van der Waals surface area contributed by atoms with Crippen molar-refractivity contribution in [2.75, 3.05) is 6.54 Å². The summed E-state index contributed by atoms with van der Waals surface area (Å²) in [6.45, 7) is 3.50. The van der Waals surface area contributed by atoms with Crippen molar-refractivity contribution in [1.82, 2.24) is 5.32 Å². The minimum atomic E-state index is 0.736. The van der Waals surface area contributed by atoms with Crippen LogP contribution in [0.5, 0.6) is 0 Å². The molecule has 0 spiro atoms. The fourth-order valence-corrected chi connectivity index (χ4v) is 2.34. The van der Waals surface area contributed by atoms with Gasteiger partial charge in [-0.1, -0.05) is 24.3 Å². The average molecular weight is 177 g/mol. The third-order valence-electron chi connectivity index (χ3n) is 3.32. The summed E-state index contributed by atoms with van der Waals surface area (Å²) < 4.78 is 0. The number of rotatable bonds is 1. The van der Waals surface area contributed by atoms with Crippen molar-refractivity contribution in [3.05, 3.63) is 24.3 Å². The first-order chi connectivity index (χ1) is 6.36.